The van der Waals surface area contributed by atoms with Crippen LogP contribution in [0.1, 0.15) is 11.1 Å². The second kappa shape index (κ2) is 15.7. The molecule has 0 bridgehead atoms. The molecule has 0 N–H and O–H groups in total. The Kier molecular flexibility index (Phi) is 19.1. The van der Waals surface area contributed by atoms with Crippen LogP contribution in [-0.2, 0) is 26.2 Å². The van der Waals surface area contributed by atoms with Gasteiger partial charge in [0.2, 0.25) is 0 Å². The third-order valence-corrected chi connectivity index (χ3v) is 2.80. The van der Waals surface area contributed by atoms with E-state index in [1.54, 1.807) is 0 Å². The number of hydrogen-bond acceptors (Lipinski definition) is 0. The summed E-state index contributed by atoms with van der Waals surface area (Å²) in [5.41, 5.74) is 2.74. The molecular weight excluding hydrogens is 406 g/mol. The molecule has 1 radical (unpaired) electrons. The second-order valence-corrected chi connectivity index (χ2v) is 5.75. The first kappa shape index (κ1) is 26.7. The van der Waals surface area contributed by atoms with Gasteiger partial charge in [-0.1, -0.05) is 31.6 Å². The van der Waals surface area contributed by atoms with Crippen LogP contribution in [0.25, 0.3) is 10.8 Å². The van der Waals surface area contributed by atoms with Crippen molar-refractivity contribution >= 4 is 20.3 Å². The van der Waals surface area contributed by atoms with Gasteiger partial charge in [-0.3, -0.25) is 0 Å². The molecule has 3 rings (SSSR count). The van der Waals surface area contributed by atoms with Gasteiger partial charge in [-0.2, -0.15) is 30.3 Å². The number of fused-ring (bicyclic) bond motifs is 1. The van der Waals surface area contributed by atoms with Gasteiger partial charge in [0.15, 0.2) is 0 Å². The molecule has 0 amide bonds. The Labute approximate surface area is 169 Å². The molecule has 22 heavy (non-hydrogen) atoms. The third kappa shape index (κ3) is 9.10. The molecule has 0 aromatic heterocycles. The van der Waals surface area contributed by atoms with Crippen molar-refractivity contribution in [2.24, 2.45) is 0 Å². The predicted octanol–water partition coefficient (Wildman–Crippen LogP) is -0.894. The topological polar surface area (TPSA) is 0 Å². The molecule has 117 valence electrons. The zero-order valence-electron chi connectivity index (χ0n) is 13.6. The van der Waals surface area contributed by atoms with Gasteiger partial charge in [0.25, 0.3) is 0 Å². The quantitative estimate of drug-likeness (QED) is 0.321. The number of halogens is 2. The fourth-order valence-electron chi connectivity index (χ4n) is 1.86. The van der Waals surface area contributed by atoms with Crippen molar-refractivity contribution < 1.29 is 51.0 Å². The van der Waals surface area contributed by atoms with E-state index in [0.29, 0.717) is 0 Å². The summed E-state index contributed by atoms with van der Waals surface area (Å²) in [5.74, 6) is 0. The third-order valence-electron chi connectivity index (χ3n) is 2.80. The maximum atomic E-state index is 2.21. The molecule has 0 fully saturated rings. The molecule has 0 saturated carbocycles. The van der Waals surface area contributed by atoms with Crippen LogP contribution in [0.2, 0.25) is 13.1 Å². The molecule has 3 aromatic carbocycles. The van der Waals surface area contributed by atoms with Crippen molar-refractivity contribution in [3.63, 3.8) is 0 Å². The summed E-state index contributed by atoms with van der Waals surface area (Å²) in [7, 11) is 0.750. The molecule has 0 spiro atoms. The van der Waals surface area contributed by atoms with E-state index in [1.807, 2.05) is 30.3 Å². The Morgan fingerprint density at radius 1 is 0.818 bits per heavy atom. The average molecular weight is 430 g/mol. The van der Waals surface area contributed by atoms with Crippen LogP contribution in [0, 0.1) is 13.8 Å². The fraction of sp³-hybridized carbons (Fsp3) is 0.222. The molecule has 0 saturated heterocycles. The van der Waals surface area contributed by atoms with Crippen LogP contribution >= 0.6 is 0 Å². The van der Waals surface area contributed by atoms with E-state index in [2.05, 4.69) is 57.3 Å². The maximum Gasteiger partial charge on any atom is 4.00 e. The van der Waals surface area contributed by atoms with Crippen molar-refractivity contribution in [2.75, 3.05) is 0 Å². The van der Waals surface area contributed by atoms with Gasteiger partial charge in [-0.25, -0.2) is 12.1 Å². The maximum absolute atomic E-state index is 2.21. The van der Waals surface area contributed by atoms with Gasteiger partial charge < -0.3 is 24.8 Å². The standard InChI is InChI=1S/C11H11.C5H5.C2H7Si.2ClH.Zr/c1-8-6-7-9(2)11-5-3-4-10(8)11;1-2-4-5-3-1;1-3-2;;;/h3-7H,1-2H3;1-5H;3H,1-2H3;2*1H;/q2*-1;;;;+4/p-2. The van der Waals surface area contributed by atoms with E-state index in [0.717, 1.165) is 9.52 Å². The summed E-state index contributed by atoms with van der Waals surface area (Å²) in [6, 6.07) is 20.8. The zero-order valence-corrected chi connectivity index (χ0v) is 18.7. The predicted molar refractivity (Wildman–Crippen MR) is 89.9 cm³/mol. The van der Waals surface area contributed by atoms with Gasteiger partial charge in [0.05, 0.1) is 0 Å². The molecule has 0 aliphatic carbocycles. The van der Waals surface area contributed by atoms with Gasteiger partial charge in [0, 0.05) is 9.52 Å². The Hall–Kier alpha value is -0.140. The largest absolute Gasteiger partial charge is 4.00 e. The summed E-state index contributed by atoms with van der Waals surface area (Å²) < 4.78 is 0. The molecular formula is C18H23Cl2SiZr. The molecule has 0 aliphatic heterocycles. The summed E-state index contributed by atoms with van der Waals surface area (Å²) in [4.78, 5) is 0. The Balaban J connectivity index is -0.000000283. The van der Waals surface area contributed by atoms with Gasteiger partial charge in [-0.05, 0) is 6.92 Å². The Morgan fingerprint density at radius 2 is 1.32 bits per heavy atom. The van der Waals surface area contributed by atoms with Crippen LogP contribution in [-0.4, -0.2) is 9.52 Å². The molecule has 0 heterocycles. The van der Waals surface area contributed by atoms with E-state index >= 15 is 0 Å². The monoisotopic (exact) mass is 427 g/mol. The summed E-state index contributed by atoms with van der Waals surface area (Å²) in [6.07, 6.45) is 0. The van der Waals surface area contributed by atoms with E-state index in [-0.39, 0.29) is 51.0 Å². The van der Waals surface area contributed by atoms with Crippen molar-refractivity contribution in [1.82, 2.24) is 0 Å². The molecule has 0 unspecified atom stereocenters. The van der Waals surface area contributed by atoms with Crippen LogP contribution in [0.5, 0.6) is 0 Å². The summed E-state index contributed by atoms with van der Waals surface area (Å²) in [6.45, 7) is 8.73. The van der Waals surface area contributed by atoms with Gasteiger partial charge >= 0.3 is 26.2 Å². The number of hydrogen-bond donors (Lipinski definition) is 0. The van der Waals surface area contributed by atoms with Crippen LogP contribution in [0.4, 0.5) is 0 Å². The van der Waals surface area contributed by atoms with Crippen LogP contribution < -0.4 is 24.8 Å². The normalized spacial score (nSPS) is 8.00. The molecule has 0 aliphatic rings. The number of benzene rings is 1. The first-order valence-electron chi connectivity index (χ1n) is 6.73. The van der Waals surface area contributed by atoms with Crippen molar-refractivity contribution in [2.45, 2.75) is 26.9 Å². The first-order chi connectivity index (χ1) is 9.20. The minimum Gasteiger partial charge on any atom is -1.00 e. The minimum absolute atomic E-state index is 0. The van der Waals surface area contributed by atoms with Gasteiger partial charge in [-0.15, -0.1) is 28.5 Å². The molecule has 4 heteroatoms. The van der Waals surface area contributed by atoms with E-state index in [9.17, 15) is 0 Å². The average Bonchev–Trinajstić information content (AvgIpc) is 3.07. The minimum atomic E-state index is 0. The van der Waals surface area contributed by atoms with E-state index < -0.39 is 0 Å². The van der Waals surface area contributed by atoms with E-state index in [4.69, 9.17) is 0 Å². The van der Waals surface area contributed by atoms with Crippen molar-refractivity contribution in [3.8, 4) is 0 Å². The zero-order chi connectivity index (χ0) is 14.1. The number of rotatable bonds is 0. The van der Waals surface area contributed by atoms with Crippen LogP contribution in [0.15, 0.2) is 60.7 Å². The molecule has 3 aromatic rings. The molecule has 0 atom stereocenters. The van der Waals surface area contributed by atoms with Crippen molar-refractivity contribution in [3.05, 3.63) is 71.8 Å². The SMILES string of the molecule is C[SiH]C.Cc1ccc(C)c2[cH-]ccc12.[Cl-].[Cl-].[Zr+4].c1cc[cH-]c1. The number of aryl methyl sites for hydroxylation is 2. The Bertz CT molecular complexity index is 521. The Morgan fingerprint density at radius 3 is 1.73 bits per heavy atom. The smallest absolute Gasteiger partial charge is 1.00 e. The fourth-order valence-corrected chi connectivity index (χ4v) is 1.86. The summed E-state index contributed by atoms with van der Waals surface area (Å²) in [5, 5.41) is 2.79. The second-order valence-electron chi connectivity index (χ2n) is 4.59. The van der Waals surface area contributed by atoms with Gasteiger partial charge in [0.1, 0.15) is 0 Å². The van der Waals surface area contributed by atoms with E-state index in [1.165, 1.54) is 21.9 Å². The first-order valence-corrected chi connectivity index (χ1v) is 9.04. The van der Waals surface area contributed by atoms with Crippen LogP contribution in [0.3, 0.4) is 0 Å². The van der Waals surface area contributed by atoms with Crippen molar-refractivity contribution in [1.29, 1.82) is 0 Å². The summed E-state index contributed by atoms with van der Waals surface area (Å²) >= 11 is 0. The molecule has 0 nitrogen and oxygen atoms in total.